The van der Waals surface area contributed by atoms with Crippen molar-refractivity contribution in [2.24, 2.45) is 0 Å². The first-order valence-corrected chi connectivity index (χ1v) is 6.55. The van der Waals surface area contributed by atoms with Crippen LogP contribution in [0.3, 0.4) is 0 Å². The van der Waals surface area contributed by atoms with E-state index in [-0.39, 0.29) is 0 Å². The Morgan fingerprint density at radius 2 is 2.38 bits per heavy atom. The average Bonchev–Trinajstić information content (AvgIpc) is 2.90. The molecule has 1 N–H and O–H groups in total. The lowest BCUT2D eigenvalue weighted by Crippen LogP contribution is -2.29. The fourth-order valence-electron chi connectivity index (χ4n) is 1.73. The lowest BCUT2D eigenvalue weighted by molar-refractivity contribution is 0.481. The van der Waals surface area contributed by atoms with Crippen molar-refractivity contribution in [1.29, 1.82) is 0 Å². The number of thiophene rings is 1. The van der Waals surface area contributed by atoms with Gasteiger partial charge >= 0.3 is 0 Å². The summed E-state index contributed by atoms with van der Waals surface area (Å²) >= 11 is 1.76. The van der Waals surface area contributed by atoms with Crippen LogP contribution >= 0.6 is 11.3 Å². The van der Waals surface area contributed by atoms with E-state index in [9.17, 15) is 0 Å². The molecule has 0 aliphatic carbocycles. The van der Waals surface area contributed by atoms with Crippen LogP contribution in [-0.2, 0) is 12.8 Å². The topological polar surface area (TPSA) is 25.2 Å². The van der Waals surface area contributed by atoms with Gasteiger partial charge in [0.1, 0.15) is 5.76 Å². The Kier molecular flexibility index (Phi) is 4.19. The Morgan fingerprint density at radius 1 is 1.44 bits per heavy atom. The third kappa shape index (κ3) is 3.51. The van der Waals surface area contributed by atoms with Gasteiger partial charge in [0.05, 0.1) is 6.26 Å². The zero-order valence-electron chi connectivity index (χ0n) is 9.48. The summed E-state index contributed by atoms with van der Waals surface area (Å²) in [4.78, 5) is 0. The van der Waals surface area contributed by atoms with E-state index in [1.54, 1.807) is 17.6 Å². The van der Waals surface area contributed by atoms with E-state index in [0.29, 0.717) is 6.04 Å². The molecule has 0 saturated carbocycles. The van der Waals surface area contributed by atoms with Gasteiger partial charge in [-0.3, -0.25) is 0 Å². The third-order valence-electron chi connectivity index (χ3n) is 2.57. The van der Waals surface area contributed by atoms with E-state index in [0.717, 1.165) is 25.1 Å². The van der Waals surface area contributed by atoms with Crippen molar-refractivity contribution in [2.45, 2.75) is 25.8 Å². The molecule has 2 aromatic heterocycles. The highest BCUT2D eigenvalue weighted by Crippen LogP contribution is 2.08. The summed E-state index contributed by atoms with van der Waals surface area (Å²) in [7, 11) is 0. The summed E-state index contributed by atoms with van der Waals surface area (Å²) in [6, 6.07) is 6.66. The molecule has 2 heterocycles. The second-order valence-electron chi connectivity index (χ2n) is 4.02. The van der Waals surface area contributed by atoms with E-state index in [4.69, 9.17) is 4.42 Å². The fourth-order valence-corrected chi connectivity index (χ4v) is 2.41. The Balaban J connectivity index is 1.66. The standard InChI is InChI=1S/C13H17NOS/c1-11(9-12-5-8-16-10-12)14-6-4-13-3-2-7-15-13/h2-3,5,7-8,10-11,14H,4,6,9H2,1H3. The average molecular weight is 235 g/mol. The zero-order valence-corrected chi connectivity index (χ0v) is 10.3. The van der Waals surface area contributed by atoms with Crippen molar-refractivity contribution in [3.05, 3.63) is 46.5 Å². The van der Waals surface area contributed by atoms with E-state index >= 15 is 0 Å². The van der Waals surface area contributed by atoms with Gasteiger partial charge in [0.2, 0.25) is 0 Å². The molecule has 0 radical (unpaired) electrons. The molecule has 0 fully saturated rings. The van der Waals surface area contributed by atoms with Crippen molar-refractivity contribution in [2.75, 3.05) is 6.54 Å². The maximum Gasteiger partial charge on any atom is 0.105 e. The molecule has 2 aromatic rings. The second-order valence-corrected chi connectivity index (χ2v) is 4.80. The summed E-state index contributed by atoms with van der Waals surface area (Å²) in [6.45, 7) is 3.19. The van der Waals surface area contributed by atoms with E-state index in [1.165, 1.54) is 5.56 Å². The first kappa shape index (κ1) is 11.4. The SMILES string of the molecule is CC(Cc1ccsc1)NCCc1ccco1. The van der Waals surface area contributed by atoms with Gasteiger partial charge in [-0.1, -0.05) is 0 Å². The predicted molar refractivity (Wildman–Crippen MR) is 67.9 cm³/mol. The number of hydrogen-bond donors (Lipinski definition) is 1. The molecule has 1 atom stereocenters. The molecule has 0 aromatic carbocycles. The summed E-state index contributed by atoms with van der Waals surface area (Å²) in [6.07, 6.45) is 3.78. The molecule has 0 spiro atoms. The highest BCUT2D eigenvalue weighted by Gasteiger charge is 2.03. The molecule has 0 aliphatic heterocycles. The van der Waals surface area contributed by atoms with Crippen molar-refractivity contribution in [1.82, 2.24) is 5.32 Å². The zero-order chi connectivity index (χ0) is 11.2. The lowest BCUT2D eigenvalue weighted by atomic mass is 10.1. The highest BCUT2D eigenvalue weighted by atomic mass is 32.1. The van der Waals surface area contributed by atoms with Gasteiger partial charge in [-0.05, 0) is 47.9 Å². The Morgan fingerprint density at radius 3 is 3.06 bits per heavy atom. The van der Waals surface area contributed by atoms with E-state index in [2.05, 4.69) is 29.1 Å². The van der Waals surface area contributed by atoms with Crippen LogP contribution in [-0.4, -0.2) is 12.6 Å². The first-order chi connectivity index (χ1) is 7.84. The minimum absolute atomic E-state index is 0.518. The van der Waals surface area contributed by atoms with Crippen LogP contribution in [0.5, 0.6) is 0 Å². The minimum atomic E-state index is 0.518. The summed E-state index contributed by atoms with van der Waals surface area (Å²) in [5.41, 5.74) is 1.42. The van der Waals surface area contributed by atoms with Crippen molar-refractivity contribution in [3.8, 4) is 0 Å². The summed E-state index contributed by atoms with van der Waals surface area (Å²) in [5, 5.41) is 7.85. The maximum absolute atomic E-state index is 5.28. The Hall–Kier alpha value is -1.06. The van der Waals surface area contributed by atoms with Crippen molar-refractivity contribution in [3.63, 3.8) is 0 Å². The van der Waals surface area contributed by atoms with Crippen LogP contribution in [0.2, 0.25) is 0 Å². The molecule has 16 heavy (non-hydrogen) atoms. The highest BCUT2D eigenvalue weighted by molar-refractivity contribution is 7.07. The third-order valence-corrected chi connectivity index (χ3v) is 3.30. The Bertz CT molecular complexity index is 380. The summed E-state index contributed by atoms with van der Waals surface area (Å²) < 4.78 is 5.28. The number of hydrogen-bond acceptors (Lipinski definition) is 3. The predicted octanol–water partition coefficient (Wildman–Crippen LogP) is 3.10. The first-order valence-electron chi connectivity index (χ1n) is 5.61. The van der Waals surface area contributed by atoms with E-state index in [1.807, 2.05) is 12.1 Å². The van der Waals surface area contributed by atoms with Gasteiger partial charge in [-0.2, -0.15) is 11.3 Å². The molecule has 2 rings (SSSR count). The molecular formula is C13H17NOS. The number of furan rings is 1. The molecular weight excluding hydrogens is 218 g/mol. The van der Waals surface area contributed by atoms with Crippen LogP contribution in [0, 0.1) is 0 Å². The molecule has 3 heteroatoms. The van der Waals surface area contributed by atoms with Gasteiger partial charge in [0, 0.05) is 19.0 Å². The van der Waals surface area contributed by atoms with Gasteiger partial charge in [-0.25, -0.2) is 0 Å². The normalized spacial score (nSPS) is 12.8. The van der Waals surface area contributed by atoms with Crippen LogP contribution in [0.25, 0.3) is 0 Å². The second kappa shape index (κ2) is 5.87. The van der Waals surface area contributed by atoms with Gasteiger partial charge in [-0.15, -0.1) is 0 Å². The van der Waals surface area contributed by atoms with Crippen molar-refractivity contribution < 1.29 is 4.42 Å². The molecule has 1 unspecified atom stereocenters. The number of rotatable bonds is 6. The van der Waals surface area contributed by atoms with Crippen molar-refractivity contribution >= 4 is 11.3 Å². The van der Waals surface area contributed by atoms with Gasteiger partial charge in [0.25, 0.3) is 0 Å². The van der Waals surface area contributed by atoms with E-state index < -0.39 is 0 Å². The maximum atomic E-state index is 5.28. The summed E-state index contributed by atoms with van der Waals surface area (Å²) in [5.74, 6) is 1.05. The lowest BCUT2D eigenvalue weighted by Gasteiger charge is -2.12. The Labute approximate surface area is 100 Å². The van der Waals surface area contributed by atoms with Crippen LogP contribution in [0.4, 0.5) is 0 Å². The molecule has 0 aliphatic rings. The largest absolute Gasteiger partial charge is 0.469 e. The minimum Gasteiger partial charge on any atom is -0.469 e. The van der Waals surface area contributed by atoms with Gasteiger partial charge < -0.3 is 9.73 Å². The van der Waals surface area contributed by atoms with Crippen LogP contribution in [0.1, 0.15) is 18.2 Å². The molecule has 86 valence electrons. The molecule has 2 nitrogen and oxygen atoms in total. The molecule has 0 bridgehead atoms. The number of nitrogens with one attached hydrogen (secondary N) is 1. The monoisotopic (exact) mass is 235 g/mol. The quantitative estimate of drug-likeness (QED) is 0.832. The smallest absolute Gasteiger partial charge is 0.105 e. The molecule has 0 amide bonds. The molecule has 0 saturated heterocycles. The van der Waals surface area contributed by atoms with Gasteiger partial charge in [0.15, 0.2) is 0 Å². The van der Waals surface area contributed by atoms with Crippen LogP contribution < -0.4 is 5.32 Å². The fraction of sp³-hybridized carbons (Fsp3) is 0.385. The van der Waals surface area contributed by atoms with Crippen LogP contribution in [0.15, 0.2) is 39.6 Å².